The highest BCUT2D eigenvalue weighted by Crippen LogP contribution is 2.26. The van der Waals surface area contributed by atoms with E-state index in [0.29, 0.717) is 17.9 Å². The van der Waals surface area contributed by atoms with Crippen molar-refractivity contribution < 1.29 is 19.4 Å². The van der Waals surface area contributed by atoms with Crippen LogP contribution in [0, 0.1) is 0 Å². The quantitative estimate of drug-likeness (QED) is 0.184. The number of aryl methyl sites for hydroxylation is 1. The molecule has 41 heavy (non-hydrogen) atoms. The summed E-state index contributed by atoms with van der Waals surface area (Å²) < 4.78 is 8.04. The molecule has 2 amide bonds. The van der Waals surface area contributed by atoms with Crippen LogP contribution in [0.15, 0.2) is 72.8 Å². The van der Waals surface area contributed by atoms with Crippen LogP contribution in [0.4, 0.5) is 10.5 Å². The van der Waals surface area contributed by atoms with Crippen molar-refractivity contribution in [2.45, 2.75) is 77.0 Å². The number of hydrogen-bond donors (Lipinski definition) is 3. The van der Waals surface area contributed by atoms with Crippen LogP contribution >= 0.6 is 0 Å². The number of ether oxygens (including phenoxy) is 1. The first-order chi connectivity index (χ1) is 20.0. The monoisotopic (exact) mass is 554 g/mol. The summed E-state index contributed by atoms with van der Waals surface area (Å²) in [5.41, 5.74) is 4.21. The largest absolute Gasteiger partial charge is 0.478 e. The Bertz CT molecular complexity index is 1460. The second-order valence-electron chi connectivity index (χ2n) is 10.7. The molecule has 0 saturated heterocycles. The van der Waals surface area contributed by atoms with Gasteiger partial charge in [0, 0.05) is 30.3 Å². The molecular weight excluding hydrogens is 516 g/mol. The first-order valence-electron chi connectivity index (χ1n) is 14.6. The third-order valence-electron chi connectivity index (χ3n) is 7.62. The number of fused-ring (bicyclic) bond motifs is 1. The van der Waals surface area contributed by atoms with Gasteiger partial charge in [-0.25, -0.2) is 14.6 Å². The van der Waals surface area contributed by atoms with Crippen LogP contribution in [0.25, 0.3) is 11.0 Å². The molecule has 8 heteroatoms. The fourth-order valence-electron chi connectivity index (χ4n) is 5.43. The zero-order chi connectivity index (χ0) is 28.6. The Balaban J connectivity index is 1.34. The summed E-state index contributed by atoms with van der Waals surface area (Å²) >= 11 is 0. The van der Waals surface area contributed by atoms with Gasteiger partial charge in [0.2, 0.25) is 6.10 Å². The van der Waals surface area contributed by atoms with Gasteiger partial charge in [0.1, 0.15) is 11.6 Å². The summed E-state index contributed by atoms with van der Waals surface area (Å²) in [5.74, 6) is 0.450. The molecule has 1 aliphatic carbocycles. The maximum absolute atomic E-state index is 12.7. The lowest BCUT2D eigenvalue weighted by Gasteiger charge is -2.22. The number of carboxylic acids is 1. The lowest BCUT2D eigenvalue weighted by atomic mass is 9.96. The third kappa shape index (κ3) is 7.25. The number of amides is 2. The summed E-state index contributed by atoms with van der Waals surface area (Å²) in [6.45, 7) is 2.76. The number of benzene rings is 3. The third-order valence-corrected chi connectivity index (χ3v) is 7.62. The van der Waals surface area contributed by atoms with E-state index in [9.17, 15) is 14.7 Å². The fourth-order valence-corrected chi connectivity index (χ4v) is 5.43. The number of hydrogen-bond acceptors (Lipinski definition) is 4. The zero-order valence-electron chi connectivity index (χ0n) is 23.5. The molecule has 3 N–H and O–H groups in total. The van der Waals surface area contributed by atoms with Gasteiger partial charge in [-0.1, -0.05) is 75.1 Å². The van der Waals surface area contributed by atoms with E-state index < -0.39 is 12.1 Å². The topological polar surface area (TPSA) is 105 Å². The fraction of sp³-hybridized carbons (Fsp3) is 0.364. The first kappa shape index (κ1) is 28.2. The maximum Gasteiger partial charge on any atom is 0.349 e. The van der Waals surface area contributed by atoms with E-state index in [1.807, 2.05) is 48.5 Å². The number of carboxylic acid groups (broad SMARTS) is 1. The normalized spacial score (nSPS) is 14.5. The predicted octanol–water partition coefficient (Wildman–Crippen LogP) is 7.09. The molecule has 0 aliphatic heterocycles. The van der Waals surface area contributed by atoms with E-state index in [0.717, 1.165) is 73.1 Å². The van der Waals surface area contributed by atoms with Crippen LogP contribution < -0.4 is 15.4 Å². The Hall–Kier alpha value is -4.33. The molecule has 214 valence electrons. The minimum atomic E-state index is -1.08. The van der Waals surface area contributed by atoms with Crippen LogP contribution in [0.1, 0.15) is 74.9 Å². The Morgan fingerprint density at radius 2 is 1.78 bits per heavy atom. The molecule has 1 atom stereocenters. The van der Waals surface area contributed by atoms with Gasteiger partial charge in [0.05, 0.1) is 11.0 Å². The highest BCUT2D eigenvalue weighted by atomic mass is 16.5. The minimum absolute atomic E-state index is 0.167. The highest BCUT2D eigenvalue weighted by Gasteiger charge is 2.22. The van der Waals surface area contributed by atoms with Crippen molar-refractivity contribution >= 4 is 28.7 Å². The van der Waals surface area contributed by atoms with Crippen molar-refractivity contribution in [1.29, 1.82) is 0 Å². The van der Waals surface area contributed by atoms with Crippen molar-refractivity contribution in [3.05, 3.63) is 89.7 Å². The smallest absolute Gasteiger partial charge is 0.349 e. The SMILES string of the molecule is CCCCc1nc2ccc(NC(=O)NC3CCCCC3)cc2n1Cc1ccc(OC(C(=O)O)c2ccccc2)cc1. The number of aliphatic carboxylic acids is 1. The summed E-state index contributed by atoms with van der Waals surface area (Å²) in [7, 11) is 0. The summed E-state index contributed by atoms with van der Waals surface area (Å²) in [5, 5.41) is 15.8. The van der Waals surface area contributed by atoms with Crippen molar-refractivity contribution in [2.24, 2.45) is 0 Å². The molecule has 1 saturated carbocycles. The van der Waals surface area contributed by atoms with Crippen LogP contribution in [-0.4, -0.2) is 32.7 Å². The van der Waals surface area contributed by atoms with E-state index in [-0.39, 0.29) is 12.1 Å². The van der Waals surface area contributed by atoms with Gasteiger partial charge in [0.15, 0.2) is 0 Å². The molecule has 5 rings (SSSR count). The lowest BCUT2D eigenvalue weighted by molar-refractivity contribution is -0.145. The van der Waals surface area contributed by atoms with E-state index in [1.54, 1.807) is 24.3 Å². The molecule has 1 heterocycles. The van der Waals surface area contributed by atoms with Gasteiger partial charge in [-0.2, -0.15) is 0 Å². The van der Waals surface area contributed by atoms with Gasteiger partial charge in [-0.05, 0) is 55.2 Å². The molecule has 1 aliphatic rings. The molecule has 0 radical (unpaired) electrons. The molecule has 1 fully saturated rings. The molecule has 3 aromatic carbocycles. The molecular formula is C33H38N4O4. The number of unbranched alkanes of at least 4 members (excludes halogenated alkanes) is 1. The molecule has 0 spiro atoms. The summed E-state index contributed by atoms with van der Waals surface area (Å²) in [4.78, 5) is 29.5. The van der Waals surface area contributed by atoms with Crippen LogP contribution in [0.3, 0.4) is 0 Å². The van der Waals surface area contributed by atoms with E-state index in [2.05, 4.69) is 22.1 Å². The number of aromatic nitrogens is 2. The maximum atomic E-state index is 12.7. The standard InChI is InChI=1S/C33H38N4O4/c1-2-3-14-30-36-28-20-17-26(35-33(40)34-25-12-8-5-9-13-25)21-29(28)37(30)22-23-15-18-27(19-16-23)41-31(32(38)39)24-10-6-4-7-11-24/h4,6-7,10-11,15-21,25,31H,2-3,5,8-9,12-14,22H2,1H3,(H,38,39)(H2,34,35,40). The van der Waals surface area contributed by atoms with Crippen molar-refractivity contribution in [3.8, 4) is 5.75 Å². The summed E-state index contributed by atoms with van der Waals surface area (Å²) in [6, 6.07) is 22.4. The molecule has 1 unspecified atom stereocenters. The average Bonchev–Trinajstić information content (AvgIpc) is 3.32. The number of nitrogens with zero attached hydrogens (tertiary/aromatic N) is 2. The zero-order valence-corrected chi connectivity index (χ0v) is 23.5. The van der Waals surface area contributed by atoms with Crippen LogP contribution in [0.5, 0.6) is 5.75 Å². The Morgan fingerprint density at radius 1 is 1.02 bits per heavy atom. The molecule has 1 aromatic heterocycles. The van der Waals surface area contributed by atoms with Crippen LogP contribution in [-0.2, 0) is 17.8 Å². The van der Waals surface area contributed by atoms with Gasteiger partial charge >= 0.3 is 12.0 Å². The highest BCUT2D eigenvalue weighted by molar-refractivity contribution is 5.92. The average molecular weight is 555 g/mol. The number of carbonyl (C=O) groups excluding carboxylic acids is 1. The molecule has 0 bridgehead atoms. The van der Waals surface area contributed by atoms with Crippen molar-refractivity contribution in [1.82, 2.24) is 14.9 Å². The van der Waals surface area contributed by atoms with Crippen molar-refractivity contribution in [2.75, 3.05) is 5.32 Å². The van der Waals surface area contributed by atoms with E-state index in [4.69, 9.17) is 9.72 Å². The molecule has 4 aromatic rings. The van der Waals surface area contributed by atoms with E-state index >= 15 is 0 Å². The van der Waals surface area contributed by atoms with Gasteiger partial charge < -0.3 is 25.0 Å². The Labute approximate surface area is 240 Å². The second kappa shape index (κ2) is 13.4. The number of carbonyl (C=O) groups is 2. The number of rotatable bonds is 11. The Kier molecular flexibility index (Phi) is 9.19. The number of nitrogens with one attached hydrogen (secondary N) is 2. The Morgan fingerprint density at radius 3 is 2.49 bits per heavy atom. The van der Waals surface area contributed by atoms with Gasteiger partial charge in [-0.3, -0.25) is 0 Å². The number of anilines is 1. The van der Waals surface area contributed by atoms with Gasteiger partial charge in [0.25, 0.3) is 0 Å². The molecule has 8 nitrogen and oxygen atoms in total. The number of imidazole rings is 1. The first-order valence-corrected chi connectivity index (χ1v) is 14.6. The second-order valence-corrected chi connectivity index (χ2v) is 10.7. The van der Waals surface area contributed by atoms with Crippen LogP contribution in [0.2, 0.25) is 0 Å². The van der Waals surface area contributed by atoms with Gasteiger partial charge in [-0.15, -0.1) is 0 Å². The number of urea groups is 1. The summed E-state index contributed by atoms with van der Waals surface area (Å²) in [6.07, 6.45) is 7.51. The van der Waals surface area contributed by atoms with E-state index in [1.165, 1.54) is 6.42 Å². The van der Waals surface area contributed by atoms with Crippen molar-refractivity contribution in [3.63, 3.8) is 0 Å². The minimum Gasteiger partial charge on any atom is -0.478 e. The lowest BCUT2D eigenvalue weighted by Crippen LogP contribution is -2.39. The predicted molar refractivity (Wildman–Crippen MR) is 160 cm³/mol.